The summed E-state index contributed by atoms with van der Waals surface area (Å²) in [6.45, 7) is 2.48. The Balaban J connectivity index is 2.70. The lowest BCUT2D eigenvalue weighted by molar-refractivity contribution is -0.132. The Bertz CT molecular complexity index is 474. The van der Waals surface area contributed by atoms with Crippen LogP contribution in [-0.4, -0.2) is 25.4 Å². The summed E-state index contributed by atoms with van der Waals surface area (Å²) in [6, 6.07) is 8.60. The molecular formula is C12H13N3O3. The van der Waals surface area contributed by atoms with E-state index in [0.29, 0.717) is 12.3 Å². The summed E-state index contributed by atoms with van der Waals surface area (Å²) in [5.74, 6) is -0.0450. The van der Waals surface area contributed by atoms with Crippen LogP contribution in [0.25, 0.3) is 0 Å². The number of anilines is 1. The molecule has 0 aliphatic rings. The molecule has 94 valence electrons. The fourth-order valence-electron chi connectivity index (χ4n) is 1.13. The third kappa shape index (κ3) is 3.79. The third-order valence-electron chi connectivity index (χ3n) is 1.95. The second-order valence-electron chi connectivity index (χ2n) is 3.13. The molecule has 0 aromatic heterocycles. The van der Waals surface area contributed by atoms with Crippen LogP contribution in [0.4, 0.5) is 5.69 Å². The quantitative estimate of drug-likeness (QED) is 0.485. The van der Waals surface area contributed by atoms with Gasteiger partial charge in [-0.05, 0) is 31.2 Å². The zero-order chi connectivity index (χ0) is 13.4. The number of hydrogen-bond donors (Lipinski definition) is 1. The van der Waals surface area contributed by atoms with E-state index in [2.05, 4.69) is 15.3 Å². The highest BCUT2D eigenvalue weighted by molar-refractivity contribution is 6.43. The largest absolute Gasteiger partial charge is 0.494 e. The van der Waals surface area contributed by atoms with E-state index in [9.17, 15) is 4.79 Å². The van der Waals surface area contributed by atoms with Crippen molar-refractivity contribution < 1.29 is 14.3 Å². The number of carbonyl (C=O) groups is 1. The number of rotatable bonds is 5. The van der Waals surface area contributed by atoms with Gasteiger partial charge in [-0.1, -0.05) is 0 Å². The Labute approximate surface area is 105 Å². The molecule has 1 aromatic carbocycles. The van der Waals surface area contributed by atoms with Crippen molar-refractivity contribution in [2.24, 2.45) is 5.10 Å². The van der Waals surface area contributed by atoms with E-state index in [1.54, 1.807) is 30.3 Å². The van der Waals surface area contributed by atoms with Crippen molar-refractivity contribution in [2.75, 3.05) is 19.1 Å². The van der Waals surface area contributed by atoms with Gasteiger partial charge in [0, 0.05) is 0 Å². The molecule has 0 saturated heterocycles. The molecule has 0 bridgehead atoms. The number of hydrazone groups is 1. The molecule has 18 heavy (non-hydrogen) atoms. The van der Waals surface area contributed by atoms with Gasteiger partial charge in [-0.3, -0.25) is 5.43 Å². The number of esters is 1. The van der Waals surface area contributed by atoms with Crippen LogP contribution in [0.1, 0.15) is 6.92 Å². The molecule has 6 heteroatoms. The lowest BCUT2D eigenvalue weighted by atomic mass is 10.3. The van der Waals surface area contributed by atoms with Gasteiger partial charge in [0.05, 0.1) is 19.4 Å². The standard InChI is InChI=1S/C12H13N3O3/c1-3-18-10-6-4-9(5-7-10)14-15-11(8-13)12(16)17-2/h4-7,14H,3H2,1-2H3/b15-11-. The second-order valence-corrected chi connectivity index (χ2v) is 3.13. The molecule has 0 heterocycles. The van der Waals surface area contributed by atoms with E-state index in [4.69, 9.17) is 10.00 Å². The first kappa shape index (κ1) is 13.5. The van der Waals surface area contributed by atoms with E-state index in [1.165, 1.54) is 7.11 Å². The van der Waals surface area contributed by atoms with Crippen LogP contribution in [-0.2, 0) is 9.53 Å². The van der Waals surface area contributed by atoms with Gasteiger partial charge in [0.15, 0.2) is 0 Å². The van der Waals surface area contributed by atoms with Gasteiger partial charge in [-0.15, -0.1) is 0 Å². The SMILES string of the molecule is CCOc1ccc(N/N=C(/C#N)C(=O)OC)cc1. The minimum atomic E-state index is -0.782. The number of nitriles is 1. The van der Waals surface area contributed by atoms with Crippen molar-refractivity contribution >= 4 is 17.4 Å². The first-order valence-corrected chi connectivity index (χ1v) is 5.26. The molecule has 1 aromatic rings. The fraction of sp³-hybridized carbons (Fsp3) is 0.250. The number of hydrogen-bond acceptors (Lipinski definition) is 6. The monoisotopic (exact) mass is 247 g/mol. The first-order chi connectivity index (χ1) is 8.71. The van der Waals surface area contributed by atoms with Crippen molar-refractivity contribution in [3.05, 3.63) is 24.3 Å². The third-order valence-corrected chi connectivity index (χ3v) is 1.95. The summed E-state index contributed by atoms with van der Waals surface area (Å²) >= 11 is 0. The molecular weight excluding hydrogens is 234 g/mol. The van der Waals surface area contributed by atoms with Crippen LogP contribution in [0, 0.1) is 11.3 Å². The topological polar surface area (TPSA) is 83.7 Å². The predicted octanol–water partition coefficient (Wildman–Crippen LogP) is 1.55. The first-order valence-electron chi connectivity index (χ1n) is 5.26. The van der Waals surface area contributed by atoms with Gasteiger partial charge in [-0.25, -0.2) is 4.79 Å². The van der Waals surface area contributed by atoms with Crippen molar-refractivity contribution in [1.82, 2.24) is 0 Å². The molecule has 0 atom stereocenters. The van der Waals surface area contributed by atoms with Crippen molar-refractivity contribution in [1.29, 1.82) is 5.26 Å². The van der Waals surface area contributed by atoms with E-state index in [1.807, 2.05) is 6.92 Å². The van der Waals surface area contributed by atoms with Gasteiger partial charge in [0.25, 0.3) is 0 Å². The number of benzene rings is 1. The highest BCUT2D eigenvalue weighted by Crippen LogP contribution is 2.15. The predicted molar refractivity (Wildman–Crippen MR) is 66.3 cm³/mol. The maximum absolute atomic E-state index is 11.1. The number of ether oxygens (including phenoxy) is 2. The summed E-state index contributed by atoms with van der Waals surface area (Å²) in [5, 5.41) is 12.3. The van der Waals surface area contributed by atoms with E-state index in [0.717, 1.165) is 5.75 Å². The molecule has 0 aliphatic heterocycles. The minimum absolute atomic E-state index is 0.341. The van der Waals surface area contributed by atoms with Gasteiger partial charge < -0.3 is 9.47 Å². The van der Waals surface area contributed by atoms with Crippen molar-refractivity contribution in [3.8, 4) is 11.8 Å². The molecule has 0 fully saturated rings. The average Bonchev–Trinajstić information content (AvgIpc) is 2.41. The second kappa shape index (κ2) is 6.91. The maximum atomic E-state index is 11.1. The van der Waals surface area contributed by atoms with Gasteiger partial charge in [0.2, 0.25) is 5.71 Å². The number of nitrogens with one attached hydrogen (secondary N) is 1. The highest BCUT2D eigenvalue weighted by Gasteiger charge is 2.10. The van der Waals surface area contributed by atoms with E-state index >= 15 is 0 Å². The van der Waals surface area contributed by atoms with Crippen molar-refractivity contribution in [3.63, 3.8) is 0 Å². The number of methoxy groups -OCH3 is 1. The van der Waals surface area contributed by atoms with E-state index in [-0.39, 0.29) is 5.71 Å². The Morgan fingerprint density at radius 3 is 2.61 bits per heavy atom. The van der Waals surface area contributed by atoms with Gasteiger partial charge in [-0.2, -0.15) is 10.4 Å². The zero-order valence-corrected chi connectivity index (χ0v) is 10.1. The number of carbonyl (C=O) groups excluding carboxylic acids is 1. The Morgan fingerprint density at radius 1 is 1.44 bits per heavy atom. The van der Waals surface area contributed by atoms with E-state index < -0.39 is 5.97 Å². The molecule has 1 rings (SSSR count). The Morgan fingerprint density at radius 2 is 2.11 bits per heavy atom. The summed E-state index contributed by atoms with van der Waals surface area (Å²) in [4.78, 5) is 11.1. The van der Waals surface area contributed by atoms with Gasteiger partial charge in [0.1, 0.15) is 11.8 Å². The van der Waals surface area contributed by atoms with Crippen LogP contribution in [0.3, 0.4) is 0 Å². The summed E-state index contributed by atoms with van der Waals surface area (Å²) < 4.78 is 9.66. The zero-order valence-electron chi connectivity index (χ0n) is 10.1. The molecule has 1 N–H and O–H groups in total. The summed E-state index contributed by atoms with van der Waals surface area (Å²) in [7, 11) is 1.19. The maximum Gasteiger partial charge on any atom is 0.369 e. The summed E-state index contributed by atoms with van der Waals surface area (Å²) in [6.07, 6.45) is 0. The molecule has 0 radical (unpaired) electrons. The summed E-state index contributed by atoms with van der Waals surface area (Å²) in [5.41, 5.74) is 2.88. The van der Waals surface area contributed by atoms with Gasteiger partial charge >= 0.3 is 5.97 Å². The average molecular weight is 247 g/mol. The minimum Gasteiger partial charge on any atom is -0.494 e. The molecule has 0 spiro atoms. The van der Waals surface area contributed by atoms with Crippen LogP contribution in [0.15, 0.2) is 29.4 Å². The normalized spacial score (nSPS) is 10.4. The lowest BCUT2D eigenvalue weighted by Crippen LogP contribution is -2.15. The van der Waals surface area contributed by atoms with Crippen LogP contribution in [0.5, 0.6) is 5.75 Å². The molecule has 0 amide bonds. The molecule has 6 nitrogen and oxygen atoms in total. The smallest absolute Gasteiger partial charge is 0.369 e. The lowest BCUT2D eigenvalue weighted by Gasteiger charge is -2.04. The Kier molecular flexibility index (Phi) is 5.19. The van der Waals surface area contributed by atoms with Crippen molar-refractivity contribution in [2.45, 2.75) is 6.92 Å². The Hall–Kier alpha value is -2.55. The molecule has 0 aliphatic carbocycles. The van der Waals surface area contributed by atoms with Crippen LogP contribution >= 0.6 is 0 Å². The highest BCUT2D eigenvalue weighted by atomic mass is 16.5. The fourth-order valence-corrected chi connectivity index (χ4v) is 1.13. The van der Waals surface area contributed by atoms with Crippen LogP contribution < -0.4 is 10.2 Å². The van der Waals surface area contributed by atoms with Crippen LogP contribution in [0.2, 0.25) is 0 Å². The molecule has 0 saturated carbocycles. The number of nitrogens with zero attached hydrogens (tertiary/aromatic N) is 2. The molecule has 0 unspecified atom stereocenters.